The van der Waals surface area contributed by atoms with E-state index in [1.807, 2.05) is 6.92 Å². The fourth-order valence-corrected chi connectivity index (χ4v) is 3.47. The summed E-state index contributed by atoms with van der Waals surface area (Å²) in [7, 11) is -3.83. The first kappa shape index (κ1) is 22.4. The quantitative estimate of drug-likeness (QED) is 0.543. The van der Waals surface area contributed by atoms with Crippen molar-refractivity contribution in [3.63, 3.8) is 0 Å². The standard InChI is InChI=1S/C19H33N3O3S/c1-4-6-14-22(15-7-5-2)16-8-13-20-19(23)21-26(24,25)18-11-9-17(3)10-12-18/h9-12H,4-8,13-16H2,1-3H3,(H2,20,21,23). The molecule has 0 bridgehead atoms. The molecule has 7 heteroatoms. The summed E-state index contributed by atoms with van der Waals surface area (Å²) in [6, 6.07) is 5.70. The summed E-state index contributed by atoms with van der Waals surface area (Å²) in [5.74, 6) is 0. The molecule has 0 spiro atoms. The maximum absolute atomic E-state index is 12.2. The van der Waals surface area contributed by atoms with Gasteiger partial charge in [0.05, 0.1) is 4.90 Å². The van der Waals surface area contributed by atoms with E-state index >= 15 is 0 Å². The molecule has 0 saturated heterocycles. The van der Waals surface area contributed by atoms with Crippen molar-refractivity contribution < 1.29 is 13.2 Å². The zero-order valence-electron chi connectivity index (χ0n) is 16.3. The number of sulfonamides is 1. The fraction of sp³-hybridized carbons (Fsp3) is 0.632. The number of nitrogens with one attached hydrogen (secondary N) is 2. The second-order valence-electron chi connectivity index (χ2n) is 6.58. The molecule has 0 fully saturated rings. The Hall–Kier alpha value is -1.60. The summed E-state index contributed by atoms with van der Waals surface area (Å²) in [4.78, 5) is 14.4. The lowest BCUT2D eigenvalue weighted by Gasteiger charge is -2.21. The third-order valence-corrected chi connectivity index (χ3v) is 5.50. The second-order valence-corrected chi connectivity index (χ2v) is 8.26. The Morgan fingerprint density at radius 1 is 0.962 bits per heavy atom. The summed E-state index contributed by atoms with van der Waals surface area (Å²) in [6.45, 7) is 9.74. The molecule has 2 amide bonds. The highest BCUT2D eigenvalue weighted by Crippen LogP contribution is 2.09. The Balaban J connectivity index is 2.37. The number of unbranched alkanes of at least 4 members (excludes halogenated alkanes) is 2. The van der Waals surface area contributed by atoms with Crippen LogP contribution in [-0.2, 0) is 10.0 Å². The number of urea groups is 1. The number of nitrogens with zero attached hydrogens (tertiary/aromatic N) is 1. The van der Waals surface area contributed by atoms with Crippen LogP contribution in [0.4, 0.5) is 4.79 Å². The van der Waals surface area contributed by atoms with Gasteiger partial charge < -0.3 is 10.2 Å². The van der Waals surface area contributed by atoms with Crippen molar-refractivity contribution in [1.29, 1.82) is 0 Å². The lowest BCUT2D eigenvalue weighted by atomic mass is 10.2. The zero-order valence-corrected chi connectivity index (χ0v) is 17.1. The monoisotopic (exact) mass is 383 g/mol. The van der Waals surface area contributed by atoms with E-state index < -0.39 is 16.1 Å². The molecular weight excluding hydrogens is 350 g/mol. The average Bonchev–Trinajstić information content (AvgIpc) is 2.60. The van der Waals surface area contributed by atoms with Crippen LogP contribution in [0.5, 0.6) is 0 Å². The molecule has 1 rings (SSSR count). The van der Waals surface area contributed by atoms with Crippen LogP contribution in [-0.4, -0.2) is 45.5 Å². The van der Waals surface area contributed by atoms with Crippen molar-refractivity contribution in [2.45, 2.75) is 57.8 Å². The van der Waals surface area contributed by atoms with Crippen molar-refractivity contribution in [3.05, 3.63) is 29.8 Å². The lowest BCUT2D eigenvalue weighted by molar-refractivity contribution is 0.241. The normalized spacial score (nSPS) is 11.5. The van der Waals surface area contributed by atoms with Gasteiger partial charge in [-0.1, -0.05) is 44.4 Å². The molecule has 0 aromatic heterocycles. The Labute approximate surface area is 158 Å². The van der Waals surface area contributed by atoms with Gasteiger partial charge in [-0.3, -0.25) is 0 Å². The van der Waals surface area contributed by atoms with Gasteiger partial charge in [-0.25, -0.2) is 17.9 Å². The van der Waals surface area contributed by atoms with E-state index in [9.17, 15) is 13.2 Å². The Morgan fingerprint density at radius 3 is 2.04 bits per heavy atom. The molecule has 0 atom stereocenters. The van der Waals surface area contributed by atoms with Gasteiger partial charge in [0.1, 0.15) is 0 Å². The van der Waals surface area contributed by atoms with E-state index in [1.54, 1.807) is 12.1 Å². The molecule has 26 heavy (non-hydrogen) atoms. The number of hydrogen-bond acceptors (Lipinski definition) is 4. The molecule has 6 nitrogen and oxygen atoms in total. The van der Waals surface area contributed by atoms with Crippen LogP contribution in [0.25, 0.3) is 0 Å². The molecule has 0 radical (unpaired) electrons. The summed E-state index contributed by atoms with van der Waals surface area (Å²) in [5.41, 5.74) is 0.962. The van der Waals surface area contributed by atoms with Gasteiger partial charge in [0.25, 0.3) is 10.0 Å². The van der Waals surface area contributed by atoms with Crippen LogP contribution in [0, 0.1) is 6.92 Å². The molecule has 0 aliphatic carbocycles. The Bertz CT molecular complexity index is 622. The van der Waals surface area contributed by atoms with E-state index in [4.69, 9.17) is 0 Å². The predicted molar refractivity (Wildman–Crippen MR) is 106 cm³/mol. The van der Waals surface area contributed by atoms with Crippen LogP contribution in [0.15, 0.2) is 29.2 Å². The molecule has 0 aliphatic rings. The minimum absolute atomic E-state index is 0.0866. The minimum atomic E-state index is -3.83. The highest BCUT2D eigenvalue weighted by atomic mass is 32.2. The van der Waals surface area contributed by atoms with Gasteiger partial charge in [0.2, 0.25) is 0 Å². The number of amides is 2. The molecule has 2 N–H and O–H groups in total. The number of rotatable bonds is 12. The number of benzene rings is 1. The van der Waals surface area contributed by atoms with Crippen LogP contribution >= 0.6 is 0 Å². The van der Waals surface area contributed by atoms with E-state index in [1.165, 1.54) is 37.8 Å². The van der Waals surface area contributed by atoms with Gasteiger partial charge in [-0.2, -0.15) is 0 Å². The first-order valence-electron chi connectivity index (χ1n) is 9.48. The average molecular weight is 384 g/mol. The summed E-state index contributed by atoms with van der Waals surface area (Å²) in [6.07, 6.45) is 5.48. The topological polar surface area (TPSA) is 78.5 Å². The van der Waals surface area contributed by atoms with E-state index in [0.717, 1.165) is 31.6 Å². The number of carbonyl (C=O) groups is 1. The smallest absolute Gasteiger partial charge is 0.328 e. The van der Waals surface area contributed by atoms with Crippen molar-refractivity contribution >= 4 is 16.1 Å². The summed E-state index contributed by atoms with van der Waals surface area (Å²) in [5, 5.41) is 2.63. The maximum Gasteiger partial charge on any atom is 0.328 e. The molecule has 1 aromatic carbocycles. The molecule has 0 saturated carbocycles. The van der Waals surface area contributed by atoms with Gasteiger partial charge in [-0.15, -0.1) is 0 Å². The van der Waals surface area contributed by atoms with Gasteiger partial charge in [0.15, 0.2) is 0 Å². The molecule has 1 aromatic rings. The number of hydrogen-bond donors (Lipinski definition) is 2. The summed E-state index contributed by atoms with van der Waals surface area (Å²) >= 11 is 0. The SMILES string of the molecule is CCCCN(CCCC)CCCNC(=O)NS(=O)(=O)c1ccc(C)cc1. The Morgan fingerprint density at radius 2 is 1.50 bits per heavy atom. The molecule has 0 aliphatic heterocycles. The van der Waals surface area contributed by atoms with Crippen molar-refractivity contribution in [1.82, 2.24) is 14.9 Å². The highest BCUT2D eigenvalue weighted by molar-refractivity contribution is 7.90. The second kappa shape index (κ2) is 11.9. The van der Waals surface area contributed by atoms with E-state index in [-0.39, 0.29) is 4.90 Å². The number of aryl methyl sites for hydroxylation is 1. The minimum Gasteiger partial charge on any atom is -0.337 e. The largest absolute Gasteiger partial charge is 0.337 e. The highest BCUT2D eigenvalue weighted by Gasteiger charge is 2.16. The van der Waals surface area contributed by atoms with Crippen LogP contribution in [0.2, 0.25) is 0 Å². The van der Waals surface area contributed by atoms with E-state index in [0.29, 0.717) is 6.54 Å². The van der Waals surface area contributed by atoms with Crippen molar-refractivity contribution in [2.75, 3.05) is 26.2 Å². The lowest BCUT2D eigenvalue weighted by Crippen LogP contribution is -2.40. The van der Waals surface area contributed by atoms with E-state index in [2.05, 4.69) is 28.8 Å². The Kier molecular flexibility index (Phi) is 10.3. The molecule has 148 valence electrons. The van der Waals surface area contributed by atoms with Gasteiger partial charge >= 0.3 is 6.03 Å². The third kappa shape index (κ3) is 8.67. The fourth-order valence-electron chi connectivity index (χ4n) is 2.54. The molecule has 0 unspecified atom stereocenters. The van der Waals surface area contributed by atoms with Crippen molar-refractivity contribution in [3.8, 4) is 0 Å². The summed E-state index contributed by atoms with van der Waals surface area (Å²) < 4.78 is 26.4. The zero-order chi connectivity index (χ0) is 19.4. The van der Waals surface area contributed by atoms with Crippen LogP contribution < -0.4 is 10.0 Å². The molecule has 0 heterocycles. The van der Waals surface area contributed by atoms with Crippen LogP contribution in [0.1, 0.15) is 51.5 Å². The van der Waals surface area contributed by atoms with Gasteiger partial charge in [0, 0.05) is 6.54 Å². The predicted octanol–water partition coefficient (Wildman–Crippen LogP) is 3.28. The maximum atomic E-state index is 12.2. The van der Waals surface area contributed by atoms with Crippen molar-refractivity contribution in [2.24, 2.45) is 0 Å². The third-order valence-electron chi connectivity index (χ3n) is 4.15. The van der Waals surface area contributed by atoms with Crippen LogP contribution in [0.3, 0.4) is 0 Å². The molecular formula is C19H33N3O3S. The first-order valence-corrected chi connectivity index (χ1v) is 11.0. The first-order chi connectivity index (χ1) is 12.4. The number of carbonyl (C=O) groups excluding carboxylic acids is 1. The van der Waals surface area contributed by atoms with Gasteiger partial charge in [-0.05, 0) is 58.0 Å².